The molecule has 2 N–H and O–H groups in total. The molecule has 1 aromatic carbocycles. The van der Waals surface area contributed by atoms with Gasteiger partial charge in [0.05, 0.1) is 5.69 Å². The minimum absolute atomic E-state index is 0.488. The van der Waals surface area contributed by atoms with Gasteiger partial charge in [0.1, 0.15) is 0 Å². The van der Waals surface area contributed by atoms with Crippen LogP contribution in [0, 0.1) is 0 Å². The fraction of sp³-hybridized carbons (Fsp3) is 0.400. The van der Waals surface area contributed by atoms with Crippen molar-refractivity contribution in [2.45, 2.75) is 38.5 Å². The van der Waals surface area contributed by atoms with E-state index in [2.05, 4.69) is 46.0 Å². The highest BCUT2D eigenvalue weighted by atomic mass is 79.9. The van der Waals surface area contributed by atoms with Gasteiger partial charge >= 0.3 is 0 Å². The number of rotatable bonds is 2. The van der Waals surface area contributed by atoms with Crippen LogP contribution in [0.4, 0.5) is 5.13 Å². The van der Waals surface area contributed by atoms with Gasteiger partial charge in [0.25, 0.3) is 0 Å². The third-order valence-corrected chi connectivity index (χ3v) is 5.36. The molecule has 1 aliphatic rings. The Labute approximate surface area is 126 Å². The standard InChI is InChI=1S/C15H17BrN2S/c1-2-9-8-10(16)6-7-11(9)12-4-3-5-13-14(12)19-15(17)18-13/h6-8,12H,2-5H2,1H3,(H2,17,18). The van der Waals surface area contributed by atoms with Gasteiger partial charge in [0, 0.05) is 15.3 Å². The van der Waals surface area contributed by atoms with Crippen LogP contribution in [-0.2, 0) is 12.8 Å². The van der Waals surface area contributed by atoms with E-state index in [0.29, 0.717) is 11.0 Å². The van der Waals surface area contributed by atoms with Crippen molar-refractivity contribution in [2.75, 3.05) is 5.73 Å². The van der Waals surface area contributed by atoms with Crippen molar-refractivity contribution < 1.29 is 0 Å². The van der Waals surface area contributed by atoms with Crippen molar-refractivity contribution in [1.29, 1.82) is 0 Å². The first kappa shape index (κ1) is 13.1. The Morgan fingerprint density at radius 3 is 3.11 bits per heavy atom. The number of thiazole rings is 1. The summed E-state index contributed by atoms with van der Waals surface area (Å²) in [6, 6.07) is 6.65. The summed E-state index contributed by atoms with van der Waals surface area (Å²) in [6.45, 7) is 2.22. The van der Waals surface area contributed by atoms with Crippen molar-refractivity contribution in [3.05, 3.63) is 44.4 Å². The van der Waals surface area contributed by atoms with Crippen LogP contribution in [0.25, 0.3) is 0 Å². The van der Waals surface area contributed by atoms with E-state index >= 15 is 0 Å². The first-order valence-corrected chi connectivity index (χ1v) is 8.33. The van der Waals surface area contributed by atoms with Gasteiger partial charge in [0.2, 0.25) is 0 Å². The molecule has 2 nitrogen and oxygen atoms in total. The molecule has 100 valence electrons. The lowest BCUT2D eigenvalue weighted by atomic mass is 9.83. The van der Waals surface area contributed by atoms with E-state index in [9.17, 15) is 0 Å². The molecule has 1 heterocycles. The predicted molar refractivity (Wildman–Crippen MR) is 84.8 cm³/mol. The number of anilines is 1. The van der Waals surface area contributed by atoms with E-state index < -0.39 is 0 Å². The topological polar surface area (TPSA) is 38.9 Å². The average Bonchev–Trinajstić information content (AvgIpc) is 2.78. The monoisotopic (exact) mass is 336 g/mol. The van der Waals surface area contributed by atoms with E-state index in [4.69, 9.17) is 5.73 Å². The van der Waals surface area contributed by atoms with Crippen LogP contribution in [0.5, 0.6) is 0 Å². The zero-order valence-corrected chi connectivity index (χ0v) is 13.4. The Morgan fingerprint density at radius 2 is 2.32 bits per heavy atom. The lowest BCUT2D eigenvalue weighted by molar-refractivity contribution is 0.613. The maximum Gasteiger partial charge on any atom is 0.180 e. The predicted octanol–water partition coefficient (Wildman–Crippen LogP) is 4.52. The van der Waals surface area contributed by atoms with Crippen molar-refractivity contribution in [2.24, 2.45) is 0 Å². The molecular formula is C15H17BrN2S. The number of nitrogens with two attached hydrogens (primary N) is 1. The Kier molecular flexibility index (Phi) is 3.63. The second-order valence-corrected chi connectivity index (χ2v) is 6.98. The van der Waals surface area contributed by atoms with Crippen molar-refractivity contribution in [3.8, 4) is 0 Å². The van der Waals surface area contributed by atoms with E-state index in [0.717, 1.165) is 17.3 Å². The Morgan fingerprint density at radius 1 is 1.47 bits per heavy atom. The van der Waals surface area contributed by atoms with Gasteiger partial charge in [0.15, 0.2) is 5.13 Å². The lowest BCUT2D eigenvalue weighted by Crippen LogP contribution is -2.11. The van der Waals surface area contributed by atoms with Gasteiger partial charge in [-0.05, 0) is 48.9 Å². The van der Waals surface area contributed by atoms with E-state index in [1.165, 1.54) is 34.5 Å². The van der Waals surface area contributed by atoms with E-state index in [1.807, 2.05) is 0 Å². The van der Waals surface area contributed by atoms with Gasteiger partial charge in [-0.25, -0.2) is 4.98 Å². The fourth-order valence-electron chi connectivity index (χ4n) is 2.96. The Balaban J connectivity index is 2.08. The number of aromatic nitrogens is 1. The van der Waals surface area contributed by atoms with Crippen LogP contribution in [-0.4, -0.2) is 4.98 Å². The molecule has 4 heteroatoms. The average molecular weight is 337 g/mol. The van der Waals surface area contributed by atoms with Gasteiger partial charge in [-0.2, -0.15) is 0 Å². The third-order valence-electron chi connectivity index (χ3n) is 3.83. The molecule has 0 aliphatic heterocycles. The minimum Gasteiger partial charge on any atom is -0.375 e. The smallest absolute Gasteiger partial charge is 0.180 e. The van der Waals surface area contributed by atoms with Crippen LogP contribution in [0.2, 0.25) is 0 Å². The van der Waals surface area contributed by atoms with E-state index in [-0.39, 0.29) is 0 Å². The second-order valence-electron chi connectivity index (χ2n) is 5.00. The Bertz CT molecular complexity index is 606. The lowest BCUT2D eigenvalue weighted by Gasteiger charge is -2.24. The molecule has 0 amide bonds. The van der Waals surface area contributed by atoms with Gasteiger partial charge in [-0.1, -0.05) is 28.9 Å². The van der Waals surface area contributed by atoms with Crippen molar-refractivity contribution in [3.63, 3.8) is 0 Å². The fourth-order valence-corrected chi connectivity index (χ4v) is 4.40. The molecule has 0 saturated heterocycles. The van der Waals surface area contributed by atoms with Crippen LogP contribution in [0.1, 0.15) is 47.4 Å². The zero-order chi connectivity index (χ0) is 13.4. The van der Waals surface area contributed by atoms with Crippen molar-refractivity contribution in [1.82, 2.24) is 4.98 Å². The number of fused-ring (bicyclic) bond motifs is 1. The number of halogens is 1. The molecule has 1 aromatic heterocycles. The number of aryl methyl sites for hydroxylation is 2. The maximum absolute atomic E-state index is 5.89. The summed E-state index contributed by atoms with van der Waals surface area (Å²) in [5.74, 6) is 0.488. The summed E-state index contributed by atoms with van der Waals surface area (Å²) in [5.41, 5.74) is 10.0. The molecule has 3 rings (SSSR count). The van der Waals surface area contributed by atoms with Crippen molar-refractivity contribution >= 4 is 32.4 Å². The third kappa shape index (κ3) is 2.43. The quantitative estimate of drug-likeness (QED) is 0.875. The molecule has 0 bridgehead atoms. The SMILES string of the molecule is CCc1cc(Br)ccc1C1CCCc2nc(N)sc21. The summed E-state index contributed by atoms with van der Waals surface area (Å²) in [5, 5.41) is 0.715. The van der Waals surface area contributed by atoms with E-state index in [1.54, 1.807) is 11.3 Å². The summed E-state index contributed by atoms with van der Waals surface area (Å²) < 4.78 is 1.16. The number of hydrogen-bond acceptors (Lipinski definition) is 3. The molecule has 2 aromatic rings. The highest BCUT2D eigenvalue weighted by molar-refractivity contribution is 9.10. The largest absolute Gasteiger partial charge is 0.375 e. The molecule has 1 unspecified atom stereocenters. The molecule has 19 heavy (non-hydrogen) atoms. The van der Waals surface area contributed by atoms with Crippen LogP contribution < -0.4 is 5.73 Å². The van der Waals surface area contributed by atoms with Gasteiger partial charge < -0.3 is 5.73 Å². The Hall–Kier alpha value is -0.870. The van der Waals surface area contributed by atoms with Crippen LogP contribution in [0.3, 0.4) is 0 Å². The maximum atomic E-state index is 5.89. The first-order chi connectivity index (χ1) is 9.19. The molecule has 0 fully saturated rings. The molecular weight excluding hydrogens is 320 g/mol. The van der Waals surface area contributed by atoms with Gasteiger partial charge in [-0.15, -0.1) is 11.3 Å². The van der Waals surface area contributed by atoms with Crippen LogP contribution >= 0.6 is 27.3 Å². The first-order valence-electron chi connectivity index (χ1n) is 6.72. The molecule has 0 saturated carbocycles. The molecule has 0 spiro atoms. The molecule has 0 radical (unpaired) electrons. The summed E-state index contributed by atoms with van der Waals surface area (Å²) in [6.07, 6.45) is 4.57. The summed E-state index contributed by atoms with van der Waals surface area (Å²) in [4.78, 5) is 5.88. The zero-order valence-electron chi connectivity index (χ0n) is 10.9. The number of nitrogens with zero attached hydrogens (tertiary/aromatic N) is 1. The number of hydrogen-bond donors (Lipinski definition) is 1. The summed E-state index contributed by atoms with van der Waals surface area (Å²) >= 11 is 5.24. The summed E-state index contributed by atoms with van der Waals surface area (Å²) in [7, 11) is 0. The normalized spacial score (nSPS) is 18.3. The molecule has 1 atom stereocenters. The van der Waals surface area contributed by atoms with Crippen LogP contribution in [0.15, 0.2) is 22.7 Å². The highest BCUT2D eigenvalue weighted by Gasteiger charge is 2.26. The second kappa shape index (κ2) is 5.25. The molecule has 1 aliphatic carbocycles. The minimum atomic E-state index is 0.488. The van der Waals surface area contributed by atoms with Gasteiger partial charge in [-0.3, -0.25) is 0 Å². The highest BCUT2D eigenvalue weighted by Crippen LogP contribution is 2.42. The number of benzene rings is 1. The number of nitrogen functional groups attached to an aromatic ring is 1.